The molecule has 0 radical (unpaired) electrons. The minimum Gasteiger partial charge on any atom is -0.463 e. The van der Waals surface area contributed by atoms with E-state index in [2.05, 4.69) is 10.2 Å². The first-order chi connectivity index (χ1) is 11.1. The molecule has 2 aromatic carbocycles. The smallest absolute Gasteiger partial charge is 0.331 e. The Labute approximate surface area is 143 Å². The van der Waals surface area contributed by atoms with E-state index < -0.39 is 5.97 Å². The topological polar surface area (TPSA) is 51.0 Å². The summed E-state index contributed by atoms with van der Waals surface area (Å²) in [5, 5.41) is 9.53. The van der Waals surface area contributed by atoms with Gasteiger partial charge in [0.2, 0.25) is 0 Å². The molecule has 0 unspecified atom stereocenters. The molecule has 3 rings (SSSR count). The lowest BCUT2D eigenvalue weighted by atomic mass is 9.95. The zero-order chi connectivity index (χ0) is 16.4. The maximum absolute atomic E-state index is 12.0. The van der Waals surface area contributed by atoms with Gasteiger partial charge in [0.15, 0.2) is 0 Å². The summed E-state index contributed by atoms with van der Waals surface area (Å²) in [6.07, 6.45) is 1.44. The van der Waals surface area contributed by atoms with Gasteiger partial charge in [-0.05, 0) is 31.2 Å². The summed E-state index contributed by atoms with van der Waals surface area (Å²) < 4.78 is 5.03. The van der Waals surface area contributed by atoms with Gasteiger partial charge < -0.3 is 4.74 Å². The van der Waals surface area contributed by atoms with E-state index >= 15 is 0 Å². The van der Waals surface area contributed by atoms with Crippen molar-refractivity contribution in [3.63, 3.8) is 0 Å². The number of fused-ring (bicyclic) bond motifs is 2. The molecule has 1 heterocycles. The molecule has 0 N–H and O–H groups in total. The normalized spacial score (nSPS) is 12.2. The molecule has 0 saturated heterocycles. The van der Waals surface area contributed by atoms with Crippen molar-refractivity contribution in [1.82, 2.24) is 0 Å². The van der Waals surface area contributed by atoms with Crippen LogP contribution in [0.15, 0.2) is 52.7 Å². The first-order valence-electron chi connectivity index (χ1n) is 6.98. The highest BCUT2D eigenvalue weighted by Gasteiger charge is 2.19. The van der Waals surface area contributed by atoms with E-state index in [-0.39, 0.29) is 0 Å². The van der Waals surface area contributed by atoms with Gasteiger partial charge in [-0.2, -0.15) is 0 Å². The third-order valence-corrected chi connectivity index (χ3v) is 3.78. The van der Waals surface area contributed by atoms with Crippen molar-refractivity contribution in [2.24, 2.45) is 10.2 Å². The minimum atomic E-state index is -0.425. The summed E-state index contributed by atoms with van der Waals surface area (Å²) >= 11 is 12.1. The van der Waals surface area contributed by atoms with Crippen LogP contribution in [-0.4, -0.2) is 12.6 Å². The van der Waals surface area contributed by atoms with Gasteiger partial charge in [-0.1, -0.05) is 35.3 Å². The van der Waals surface area contributed by atoms with Crippen molar-refractivity contribution >= 4 is 46.1 Å². The van der Waals surface area contributed by atoms with Gasteiger partial charge in [0, 0.05) is 32.8 Å². The number of rotatable bonds is 2. The number of benzene rings is 2. The predicted octanol–water partition coefficient (Wildman–Crippen LogP) is 5.72. The average Bonchev–Trinajstić information content (AvgIpc) is 2.65. The molecule has 0 amide bonds. The summed E-state index contributed by atoms with van der Waals surface area (Å²) in [6, 6.07) is 10.5. The third kappa shape index (κ3) is 3.28. The molecule has 0 atom stereocenters. The standard InChI is InChI=1S/C17H12Cl2N2O2/c1-2-23-17(22)9-14-12-5-3-10(18)7-15(12)20-21-16-8-11(19)4-6-13(14)16/h3-9H,2H2,1H3. The van der Waals surface area contributed by atoms with E-state index in [1.54, 1.807) is 31.2 Å². The second-order valence-electron chi connectivity index (χ2n) is 4.83. The molecule has 6 heteroatoms. The SMILES string of the molecule is CCOC(=O)C=C1c2ccc(Cl)cc2N=Nc2cc(Cl)ccc21. The molecule has 0 saturated carbocycles. The minimum absolute atomic E-state index is 0.304. The fraction of sp³-hybridized carbons (Fsp3) is 0.118. The number of azo groups is 1. The van der Waals surface area contributed by atoms with Crippen LogP contribution < -0.4 is 0 Å². The molecular formula is C17H12Cl2N2O2. The van der Waals surface area contributed by atoms with Crippen molar-refractivity contribution in [2.45, 2.75) is 6.92 Å². The Hall–Kier alpha value is -2.17. The summed E-state index contributed by atoms with van der Waals surface area (Å²) in [4.78, 5) is 12.0. The molecule has 0 aromatic heterocycles. The molecule has 1 aliphatic heterocycles. The van der Waals surface area contributed by atoms with Gasteiger partial charge in [-0.3, -0.25) is 0 Å². The Morgan fingerprint density at radius 2 is 1.57 bits per heavy atom. The fourth-order valence-corrected chi connectivity index (χ4v) is 2.67. The molecule has 0 aliphatic carbocycles. The van der Waals surface area contributed by atoms with Crippen molar-refractivity contribution < 1.29 is 9.53 Å². The van der Waals surface area contributed by atoms with Gasteiger partial charge in [0.05, 0.1) is 18.0 Å². The molecule has 4 nitrogen and oxygen atoms in total. The lowest BCUT2D eigenvalue weighted by Gasteiger charge is -2.10. The number of hydrogen-bond donors (Lipinski definition) is 0. The molecule has 0 bridgehead atoms. The van der Waals surface area contributed by atoms with Gasteiger partial charge >= 0.3 is 5.97 Å². The van der Waals surface area contributed by atoms with Crippen molar-refractivity contribution in [3.05, 3.63) is 63.6 Å². The molecule has 1 aliphatic rings. The number of carbonyl (C=O) groups excluding carboxylic acids is 1. The van der Waals surface area contributed by atoms with Gasteiger partial charge in [-0.15, -0.1) is 10.2 Å². The zero-order valence-electron chi connectivity index (χ0n) is 12.2. The van der Waals surface area contributed by atoms with Crippen LogP contribution in [0.4, 0.5) is 11.4 Å². The van der Waals surface area contributed by atoms with Crippen LogP contribution in [-0.2, 0) is 9.53 Å². The highest BCUT2D eigenvalue weighted by Crippen LogP contribution is 2.41. The Morgan fingerprint density at radius 3 is 2.04 bits per heavy atom. The number of halogens is 2. The summed E-state index contributed by atoms with van der Waals surface area (Å²) in [5.74, 6) is -0.425. The molecular weight excluding hydrogens is 335 g/mol. The predicted molar refractivity (Wildman–Crippen MR) is 90.8 cm³/mol. The molecule has 2 aromatic rings. The summed E-state index contributed by atoms with van der Waals surface area (Å²) in [6.45, 7) is 2.06. The Balaban J connectivity index is 2.24. The van der Waals surface area contributed by atoms with Crippen molar-refractivity contribution in [3.8, 4) is 0 Å². The Morgan fingerprint density at radius 1 is 1.04 bits per heavy atom. The highest BCUT2D eigenvalue weighted by molar-refractivity contribution is 6.31. The van der Waals surface area contributed by atoms with Crippen LogP contribution in [0.3, 0.4) is 0 Å². The Bertz CT molecular complexity index is 787. The Kier molecular flexibility index (Phi) is 4.46. The molecule has 23 heavy (non-hydrogen) atoms. The number of carbonyl (C=O) groups is 1. The molecule has 116 valence electrons. The summed E-state index contributed by atoms with van der Waals surface area (Å²) in [7, 11) is 0. The maximum atomic E-state index is 12.0. The molecule has 0 fully saturated rings. The average molecular weight is 347 g/mol. The van der Waals surface area contributed by atoms with Crippen LogP contribution in [0.2, 0.25) is 10.0 Å². The van der Waals surface area contributed by atoms with Crippen molar-refractivity contribution in [1.29, 1.82) is 0 Å². The lowest BCUT2D eigenvalue weighted by Crippen LogP contribution is -2.01. The number of nitrogens with zero attached hydrogens (tertiary/aromatic N) is 2. The zero-order valence-corrected chi connectivity index (χ0v) is 13.7. The van der Waals surface area contributed by atoms with Crippen LogP contribution in [0.25, 0.3) is 5.57 Å². The molecule has 0 spiro atoms. The van der Waals surface area contributed by atoms with Gasteiger partial charge in [0.1, 0.15) is 0 Å². The van der Waals surface area contributed by atoms with E-state index in [0.29, 0.717) is 33.6 Å². The highest BCUT2D eigenvalue weighted by atomic mass is 35.5. The summed E-state index contributed by atoms with van der Waals surface area (Å²) in [5.41, 5.74) is 3.35. The van der Waals surface area contributed by atoms with E-state index in [4.69, 9.17) is 27.9 Å². The lowest BCUT2D eigenvalue weighted by molar-refractivity contribution is -0.137. The van der Waals surface area contributed by atoms with Gasteiger partial charge in [-0.25, -0.2) is 4.79 Å². The fourth-order valence-electron chi connectivity index (χ4n) is 2.34. The largest absolute Gasteiger partial charge is 0.463 e. The van der Waals surface area contributed by atoms with E-state index in [1.807, 2.05) is 12.1 Å². The quantitative estimate of drug-likeness (QED) is 0.440. The van der Waals surface area contributed by atoms with Crippen LogP contribution in [0, 0.1) is 0 Å². The second-order valence-corrected chi connectivity index (χ2v) is 5.71. The van der Waals surface area contributed by atoms with Crippen LogP contribution in [0.5, 0.6) is 0 Å². The van der Waals surface area contributed by atoms with Crippen LogP contribution >= 0.6 is 23.2 Å². The maximum Gasteiger partial charge on any atom is 0.331 e. The first kappa shape index (κ1) is 15.7. The monoisotopic (exact) mass is 346 g/mol. The van der Waals surface area contributed by atoms with E-state index in [1.165, 1.54) is 6.08 Å². The second kappa shape index (κ2) is 6.52. The number of hydrogen-bond acceptors (Lipinski definition) is 4. The number of esters is 1. The first-order valence-corrected chi connectivity index (χ1v) is 7.74. The number of ether oxygens (including phenoxy) is 1. The van der Waals surface area contributed by atoms with E-state index in [9.17, 15) is 4.79 Å². The van der Waals surface area contributed by atoms with Crippen molar-refractivity contribution in [2.75, 3.05) is 6.61 Å². The van der Waals surface area contributed by atoms with E-state index in [0.717, 1.165) is 11.1 Å². The third-order valence-electron chi connectivity index (χ3n) is 3.31. The van der Waals surface area contributed by atoms with Crippen LogP contribution in [0.1, 0.15) is 18.1 Å². The van der Waals surface area contributed by atoms with Gasteiger partial charge in [0.25, 0.3) is 0 Å².